The van der Waals surface area contributed by atoms with Crippen molar-refractivity contribution in [3.63, 3.8) is 0 Å². The first-order valence-corrected chi connectivity index (χ1v) is 5.41. The van der Waals surface area contributed by atoms with E-state index in [4.69, 9.17) is 27.9 Å². The van der Waals surface area contributed by atoms with Gasteiger partial charge >= 0.3 is 0 Å². The molecule has 14 heavy (non-hydrogen) atoms. The van der Waals surface area contributed by atoms with Gasteiger partial charge in [-0.1, -0.05) is 23.7 Å². The monoisotopic (exact) mass is 232 g/mol. The summed E-state index contributed by atoms with van der Waals surface area (Å²) in [5.74, 6) is 0. The average Bonchev–Trinajstić information content (AvgIpc) is 2.17. The van der Waals surface area contributed by atoms with Gasteiger partial charge in [0.2, 0.25) is 0 Å². The number of ether oxygens (including phenoxy) is 1. The van der Waals surface area contributed by atoms with Gasteiger partial charge in [-0.15, -0.1) is 11.6 Å². The Labute approximate surface area is 95.0 Å². The molecule has 0 aromatic heterocycles. The third-order valence-electron chi connectivity index (χ3n) is 2.01. The molecule has 0 spiro atoms. The second-order valence-corrected chi connectivity index (χ2v) is 4.27. The highest BCUT2D eigenvalue weighted by Gasteiger charge is 2.03. The second-order valence-electron chi connectivity index (χ2n) is 3.22. The molecule has 0 aliphatic carbocycles. The summed E-state index contributed by atoms with van der Waals surface area (Å²) < 4.78 is 4.96. The van der Waals surface area contributed by atoms with Crippen LogP contribution in [0, 0.1) is 0 Å². The lowest BCUT2D eigenvalue weighted by atomic mass is 10.1. The molecule has 1 aromatic rings. The molecule has 1 unspecified atom stereocenters. The number of aryl methyl sites for hydroxylation is 1. The third-order valence-corrected chi connectivity index (χ3v) is 2.60. The Balaban J connectivity index is 2.34. The molecule has 0 fully saturated rings. The fraction of sp³-hybridized carbons (Fsp3) is 0.455. The lowest BCUT2D eigenvalue weighted by Gasteiger charge is -2.07. The van der Waals surface area contributed by atoms with E-state index >= 15 is 0 Å². The van der Waals surface area contributed by atoms with E-state index in [0.29, 0.717) is 6.61 Å². The zero-order chi connectivity index (χ0) is 10.4. The molecule has 1 aromatic carbocycles. The molecule has 78 valence electrons. The number of halogens is 2. The van der Waals surface area contributed by atoms with Gasteiger partial charge in [0.25, 0.3) is 0 Å². The maximum Gasteiger partial charge on any atom is 0.0626 e. The van der Waals surface area contributed by atoms with Gasteiger partial charge in [0.05, 0.1) is 12.0 Å². The van der Waals surface area contributed by atoms with Gasteiger partial charge in [0.15, 0.2) is 0 Å². The molecule has 0 aliphatic rings. The first kappa shape index (κ1) is 11.8. The number of hydrogen-bond acceptors (Lipinski definition) is 1. The zero-order valence-electron chi connectivity index (χ0n) is 8.17. The minimum absolute atomic E-state index is 0.0932. The van der Waals surface area contributed by atoms with Gasteiger partial charge in [-0.2, -0.15) is 0 Å². The molecular weight excluding hydrogens is 219 g/mol. The summed E-state index contributed by atoms with van der Waals surface area (Å²) in [4.78, 5) is 0. The molecule has 1 rings (SSSR count). The summed E-state index contributed by atoms with van der Waals surface area (Å²) >= 11 is 11.8. The fourth-order valence-corrected chi connectivity index (χ4v) is 1.60. The number of alkyl halides is 1. The molecule has 1 nitrogen and oxygen atoms in total. The van der Waals surface area contributed by atoms with Crippen molar-refractivity contribution in [3.05, 3.63) is 34.9 Å². The van der Waals surface area contributed by atoms with Crippen LogP contribution in [-0.4, -0.2) is 19.1 Å². The Kier molecular flexibility index (Phi) is 5.31. The lowest BCUT2D eigenvalue weighted by molar-refractivity contribution is 0.195. The minimum Gasteiger partial charge on any atom is -0.383 e. The Morgan fingerprint density at radius 2 is 1.93 bits per heavy atom. The molecule has 0 radical (unpaired) electrons. The molecule has 3 heteroatoms. The summed E-state index contributed by atoms with van der Waals surface area (Å²) in [6.45, 7) is 0.606. The van der Waals surface area contributed by atoms with Crippen LogP contribution in [0.5, 0.6) is 0 Å². The Hall–Kier alpha value is -0.240. The predicted octanol–water partition coefficient (Wildman–Crippen LogP) is 3.53. The van der Waals surface area contributed by atoms with Crippen molar-refractivity contribution >= 4 is 23.2 Å². The maximum atomic E-state index is 6.01. The van der Waals surface area contributed by atoms with Crippen LogP contribution in [0.4, 0.5) is 0 Å². The smallest absolute Gasteiger partial charge is 0.0626 e. The first-order valence-electron chi connectivity index (χ1n) is 4.60. The van der Waals surface area contributed by atoms with Gasteiger partial charge in [-0.05, 0) is 30.5 Å². The Bertz CT molecular complexity index is 258. The average molecular weight is 233 g/mol. The van der Waals surface area contributed by atoms with Gasteiger partial charge in [0.1, 0.15) is 0 Å². The van der Waals surface area contributed by atoms with E-state index in [1.165, 1.54) is 5.56 Å². The van der Waals surface area contributed by atoms with Gasteiger partial charge in [-0.3, -0.25) is 0 Å². The van der Waals surface area contributed by atoms with E-state index in [0.717, 1.165) is 17.9 Å². The zero-order valence-corrected chi connectivity index (χ0v) is 9.68. The SMILES string of the molecule is COCC(Cl)CCc1ccc(Cl)cc1. The summed E-state index contributed by atoms with van der Waals surface area (Å²) in [5, 5.41) is 0.865. The van der Waals surface area contributed by atoms with Crippen LogP contribution in [0.1, 0.15) is 12.0 Å². The predicted molar refractivity (Wildman–Crippen MR) is 61.3 cm³/mol. The van der Waals surface area contributed by atoms with Crippen LogP contribution >= 0.6 is 23.2 Å². The van der Waals surface area contributed by atoms with Crippen LogP contribution in [0.2, 0.25) is 5.02 Å². The highest BCUT2D eigenvalue weighted by molar-refractivity contribution is 6.30. The van der Waals surface area contributed by atoms with Crippen molar-refractivity contribution < 1.29 is 4.74 Å². The topological polar surface area (TPSA) is 9.23 Å². The van der Waals surface area contributed by atoms with E-state index in [1.54, 1.807) is 7.11 Å². The number of methoxy groups -OCH3 is 1. The van der Waals surface area contributed by atoms with E-state index in [1.807, 2.05) is 24.3 Å². The van der Waals surface area contributed by atoms with Crippen LogP contribution in [0.3, 0.4) is 0 Å². The third kappa shape index (κ3) is 4.32. The van der Waals surface area contributed by atoms with Crippen LogP contribution in [0.15, 0.2) is 24.3 Å². The molecular formula is C11H14Cl2O. The van der Waals surface area contributed by atoms with E-state index < -0.39 is 0 Å². The summed E-state index contributed by atoms with van der Waals surface area (Å²) in [6, 6.07) is 7.85. The summed E-state index contributed by atoms with van der Waals surface area (Å²) in [5.41, 5.74) is 1.26. The molecule has 0 saturated heterocycles. The maximum absolute atomic E-state index is 6.01. The largest absolute Gasteiger partial charge is 0.383 e. The highest BCUT2D eigenvalue weighted by atomic mass is 35.5. The van der Waals surface area contributed by atoms with Crippen molar-refractivity contribution in [3.8, 4) is 0 Å². The second kappa shape index (κ2) is 6.28. The van der Waals surface area contributed by atoms with Crippen LogP contribution in [0.25, 0.3) is 0 Å². The van der Waals surface area contributed by atoms with Gasteiger partial charge < -0.3 is 4.74 Å². The molecule has 0 bridgehead atoms. The summed E-state index contributed by atoms with van der Waals surface area (Å²) in [6.07, 6.45) is 1.89. The molecule has 0 amide bonds. The lowest BCUT2D eigenvalue weighted by Crippen LogP contribution is -2.08. The minimum atomic E-state index is 0.0932. The Morgan fingerprint density at radius 3 is 2.50 bits per heavy atom. The van der Waals surface area contributed by atoms with E-state index in [2.05, 4.69) is 0 Å². The molecule has 0 aliphatic heterocycles. The number of hydrogen-bond donors (Lipinski definition) is 0. The number of benzene rings is 1. The van der Waals surface area contributed by atoms with Gasteiger partial charge in [0, 0.05) is 12.1 Å². The molecule has 0 saturated carbocycles. The molecule has 1 atom stereocenters. The van der Waals surface area contributed by atoms with Crippen LogP contribution < -0.4 is 0 Å². The van der Waals surface area contributed by atoms with E-state index in [9.17, 15) is 0 Å². The van der Waals surface area contributed by atoms with Crippen molar-refractivity contribution in [2.75, 3.05) is 13.7 Å². The fourth-order valence-electron chi connectivity index (χ4n) is 1.24. The van der Waals surface area contributed by atoms with Crippen molar-refractivity contribution in [2.24, 2.45) is 0 Å². The highest BCUT2D eigenvalue weighted by Crippen LogP contribution is 2.13. The standard InChI is InChI=1S/C11H14Cl2O/c1-14-8-11(13)7-4-9-2-5-10(12)6-3-9/h2-3,5-6,11H,4,7-8H2,1H3. The molecule has 0 heterocycles. The van der Waals surface area contributed by atoms with Crippen molar-refractivity contribution in [1.82, 2.24) is 0 Å². The van der Waals surface area contributed by atoms with Crippen LogP contribution in [-0.2, 0) is 11.2 Å². The normalized spacial score (nSPS) is 12.8. The molecule has 0 N–H and O–H groups in total. The first-order chi connectivity index (χ1) is 6.72. The van der Waals surface area contributed by atoms with Gasteiger partial charge in [-0.25, -0.2) is 0 Å². The van der Waals surface area contributed by atoms with Crippen molar-refractivity contribution in [2.45, 2.75) is 18.2 Å². The van der Waals surface area contributed by atoms with Crippen molar-refractivity contribution in [1.29, 1.82) is 0 Å². The Morgan fingerprint density at radius 1 is 1.29 bits per heavy atom. The van der Waals surface area contributed by atoms with E-state index in [-0.39, 0.29) is 5.38 Å². The summed E-state index contributed by atoms with van der Waals surface area (Å²) in [7, 11) is 1.66. The number of rotatable bonds is 5. The quantitative estimate of drug-likeness (QED) is 0.707.